The average molecular weight is 231 g/mol. The Balaban J connectivity index is 2.24. The Morgan fingerprint density at radius 1 is 1.53 bits per heavy atom. The molecule has 0 radical (unpaired) electrons. The van der Waals surface area contributed by atoms with E-state index >= 15 is 0 Å². The van der Waals surface area contributed by atoms with Crippen molar-refractivity contribution < 1.29 is 9.53 Å². The Bertz CT molecular complexity index is 219. The molecule has 1 rings (SSSR count). The Hall–Kier alpha value is -0.220. The zero-order valence-corrected chi connectivity index (χ0v) is 10.7. The monoisotopic (exact) mass is 231 g/mol. The lowest BCUT2D eigenvalue weighted by atomic mass is 10.2. The van der Waals surface area contributed by atoms with Crippen molar-refractivity contribution in [3.8, 4) is 0 Å². The van der Waals surface area contributed by atoms with Crippen molar-refractivity contribution in [3.05, 3.63) is 0 Å². The summed E-state index contributed by atoms with van der Waals surface area (Å²) in [6.45, 7) is 9.84. The minimum Gasteiger partial charge on any atom is -0.466 e. The molecule has 1 aliphatic rings. The predicted molar refractivity (Wildman–Crippen MR) is 64.2 cm³/mol. The second kappa shape index (κ2) is 5.75. The van der Waals surface area contributed by atoms with E-state index in [2.05, 4.69) is 18.7 Å². The van der Waals surface area contributed by atoms with Gasteiger partial charge in [-0.15, -0.1) is 0 Å². The van der Waals surface area contributed by atoms with E-state index in [1.807, 2.05) is 18.7 Å². The summed E-state index contributed by atoms with van der Waals surface area (Å²) in [5.74, 6) is 1.09. The number of carbonyl (C=O) groups is 1. The molecule has 0 spiro atoms. The van der Waals surface area contributed by atoms with Crippen LogP contribution in [0.4, 0.5) is 0 Å². The van der Waals surface area contributed by atoms with Gasteiger partial charge in [-0.25, -0.2) is 0 Å². The number of carbonyl (C=O) groups excluding carboxylic acids is 1. The Kier molecular flexibility index (Phi) is 4.93. The molecule has 0 amide bonds. The normalized spacial score (nSPS) is 21.3. The van der Waals surface area contributed by atoms with Crippen LogP contribution < -0.4 is 0 Å². The Morgan fingerprint density at radius 2 is 2.27 bits per heavy atom. The first kappa shape index (κ1) is 12.8. The van der Waals surface area contributed by atoms with E-state index in [4.69, 9.17) is 4.74 Å². The summed E-state index contributed by atoms with van der Waals surface area (Å²) in [4.78, 5) is 13.5. The van der Waals surface area contributed by atoms with Gasteiger partial charge in [0.25, 0.3) is 0 Å². The zero-order chi connectivity index (χ0) is 11.3. The van der Waals surface area contributed by atoms with Gasteiger partial charge in [-0.3, -0.25) is 4.79 Å². The van der Waals surface area contributed by atoms with Gasteiger partial charge in [0.15, 0.2) is 0 Å². The van der Waals surface area contributed by atoms with E-state index in [0.29, 0.717) is 17.8 Å². The van der Waals surface area contributed by atoms with Gasteiger partial charge in [0, 0.05) is 30.1 Å². The molecule has 1 heterocycles. The van der Waals surface area contributed by atoms with E-state index in [1.165, 1.54) is 0 Å². The molecule has 0 aromatic carbocycles. The summed E-state index contributed by atoms with van der Waals surface area (Å²) in [7, 11) is 0. The number of thioether (sulfide) groups is 1. The minimum atomic E-state index is -0.0754. The lowest BCUT2D eigenvalue weighted by Crippen LogP contribution is -2.43. The molecule has 0 N–H and O–H groups in total. The fourth-order valence-electron chi connectivity index (χ4n) is 1.79. The van der Waals surface area contributed by atoms with Gasteiger partial charge >= 0.3 is 5.97 Å². The van der Waals surface area contributed by atoms with Crippen molar-refractivity contribution >= 4 is 17.7 Å². The zero-order valence-electron chi connectivity index (χ0n) is 9.91. The summed E-state index contributed by atoms with van der Waals surface area (Å²) in [6.07, 6.45) is 0.522. The summed E-state index contributed by atoms with van der Waals surface area (Å²) >= 11 is 2.01. The van der Waals surface area contributed by atoms with E-state index in [9.17, 15) is 4.79 Å². The Morgan fingerprint density at radius 3 is 2.87 bits per heavy atom. The van der Waals surface area contributed by atoms with Gasteiger partial charge in [-0.1, -0.05) is 0 Å². The number of rotatable bonds is 4. The molecule has 1 fully saturated rings. The Labute approximate surface area is 96.5 Å². The molecule has 1 saturated heterocycles. The molecule has 1 aliphatic heterocycles. The minimum absolute atomic E-state index is 0.0754. The van der Waals surface area contributed by atoms with Crippen LogP contribution >= 0.6 is 11.8 Å². The highest BCUT2D eigenvalue weighted by atomic mass is 32.2. The van der Waals surface area contributed by atoms with Gasteiger partial charge in [-0.05, 0) is 20.8 Å². The van der Waals surface area contributed by atoms with Crippen LogP contribution in [0.5, 0.6) is 0 Å². The molecular weight excluding hydrogens is 210 g/mol. The number of ether oxygens (including phenoxy) is 1. The first-order valence-electron chi connectivity index (χ1n) is 5.55. The molecule has 0 aromatic heterocycles. The molecule has 0 saturated carbocycles. The lowest BCUT2D eigenvalue weighted by molar-refractivity contribution is -0.143. The van der Waals surface area contributed by atoms with Crippen molar-refractivity contribution in [3.63, 3.8) is 0 Å². The van der Waals surface area contributed by atoms with Gasteiger partial charge in [-0.2, -0.15) is 11.8 Å². The van der Waals surface area contributed by atoms with Crippen LogP contribution in [-0.4, -0.2) is 47.6 Å². The topological polar surface area (TPSA) is 29.5 Å². The highest BCUT2D eigenvalue weighted by Crippen LogP contribution is 2.29. The van der Waals surface area contributed by atoms with Crippen molar-refractivity contribution in [2.75, 3.05) is 32.0 Å². The third-order valence-electron chi connectivity index (χ3n) is 2.44. The van der Waals surface area contributed by atoms with E-state index in [-0.39, 0.29) is 5.97 Å². The fourth-order valence-corrected chi connectivity index (χ4v) is 2.96. The summed E-state index contributed by atoms with van der Waals surface area (Å²) in [6, 6.07) is 0. The van der Waals surface area contributed by atoms with Crippen molar-refractivity contribution in [1.29, 1.82) is 0 Å². The number of hydrogen-bond acceptors (Lipinski definition) is 4. The smallest absolute Gasteiger partial charge is 0.307 e. The fraction of sp³-hybridized carbons (Fsp3) is 0.909. The summed E-state index contributed by atoms with van der Waals surface area (Å²) in [5, 5.41) is 0. The van der Waals surface area contributed by atoms with Crippen LogP contribution in [0.15, 0.2) is 0 Å². The summed E-state index contributed by atoms with van der Waals surface area (Å²) in [5.41, 5.74) is 0. The molecule has 0 bridgehead atoms. The number of nitrogens with zero attached hydrogens (tertiary/aromatic N) is 1. The largest absolute Gasteiger partial charge is 0.466 e. The van der Waals surface area contributed by atoms with Crippen molar-refractivity contribution in [1.82, 2.24) is 4.90 Å². The van der Waals surface area contributed by atoms with Crippen LogP contribution in [0, 0.1) is 0 Å². The maximum Gasteiger partial charge on any atom is 0.307 e. The second-order valence-corrected chi connectivity index (χ2v) is 6.24. The first-order chi connectivity index (χ1) is 7.03. The highest BCUT2D eigenvalue weighted by Gasteiger charge is 2.26. The van der Waals surface area contributed by atoms with E-state index in [0.717, 1.165) is 25.4 Å². The van der Waals surface area contributed by atoms with Crippen molar-refractivity contribution in [2.24, 2.45) is 0 Å². The molecular formula is C11H21NO2S. The van der Waals surface area contributed by atoms with E-state index < -0.39 is 0 Å². The quantitative estimate of drug-likeness (QED) is 0.690. The average Bonchev–Trinajstić information content (AvgIpc) is 2.14. The maximum absolute atomic E-state index is 11.2. The first-order valence-corrected chi connectivity index (χ1v) is 6.54. The lowest BCUT2D eigenvalue weighted by Gasteiger charge is -2.37. The summed E-state index contributed by atoms with van der Waals surface area (Å²) < 4.78 is 5.24. The van der Waals surface area contributed by atoms with Crippen LogP contribution in [0.1, 0.15) is 27.2 Å². The molecule has 4 heteroatoms. The molecule has 0 atom stereocenters. The highest BCUT2D eigenvalue weighted by molar-refractivity contribution is 8.00. The van der Waals surface area contributed by atoms with E-state index in [1.54, 1.807) is 0 Å². The SMILES string of the molecule is CCOC(=O)CCN1CCSC(C)(C)C1. The van der Waals surface area contributed by atoms with Gasteiger partial charge in [0.1, 0.15) is 0 Å². The third-order valence-corrected chi connectivity index (χ3v) is 3.74. The van der Waals surface area contributed by atoms with Crippen LogP contribution in [0.2, 0.25) is 0 Å². The second-order valence-electron chi connectivity index (χ2n) is 4.44. The van der Waals surface area contributed by atoms with Crippen molar-refractivity contribution in [2.45, 2.75) is 31.9 Å². The molecule has 3 nitrogen and oxygen atoms in total. The predicted octanol–water partition coefficient (Wildman–Crippen LogP) is 1.77. The maximum atomic E-state index is 11.2. The molecule has 15 heavy (non-hydrogen) atoms. The van der Waals surface area contributed by atoms with Crippen LogP contribution in [0.25, 0.3) is 0 Å². The molecule has 0 unspecified atom stereocenters. The van der Waals surface area contributed by atoms with Gasteiger partial charge in [0.05, 0.1) is 13.0 Å². The van der Waals surface area contributed by atoms with Crippen LogP contribution in [-0.2, 0) is 9.53 Å². The number of hydrogen-bond donors (Lipinski definition) is 0. The van der Waals surface area contributed by atoms with Gasteiger partial charge < -0.3 is 9.64 Å². The molecule has 0 aliphatic carbocycles. The number of esters is 1. The molecule has 88 valence electrons. The standard InChI is InChI=1S/C11H21NO2S/c1-4-14-10(13)5-6-12-7-8-15-11(2,3)9-12/h4-9H2,1-3H3. The molecule has 0 aromatic rings. The third kappa shape index (κ3) is 4.89. The van der Waals surface area contributed by atoms with Gasteiger partial charge in [0.2, 0.25) is 0 Å². The van der Waals surface area contributed by atoms with Crippen LogP contribution in [0.3, 0.4) is 0 Å².